The predicted octanol–water partition coefficient (Wildman–Crippen LogP) is -1.07. The first-order chi connectivity index (χ1) is 7.81. The van der Waals surface area contributed by atoms with E-state index in [0.717, 1.165) is 18.3 Å². The first-order valence-corrected chi connectivity index (χ1v) is 6.20. The standard InChI is InChI=1S/C11H15NO4/c1-14-12(13)9-6-3-2-4-7(5(3)6)8(9)10-11(15-4)16-10/h3-12H,2H2,1H3. The second-order valence-electron chi connectivity index (χ2n) is 5.90. The maximum Gasteiger partial charge on any atom is 0.185 e. The highest BCUT2D eigenvalue weighted by Gasteiger charge is 2.81. The highest BCUT2D eigenvalue weighted by molar-refractivity contribution is 5.24. The summed E-state index contributed by atoms with van der Waals surface area (Å²) in [5.74, 6) is 3.05. The van der Waals surface area contributed by atoms with E-state index in [0.29, 0.717) is 23.9 Å². The van der Waals surface area contributed by atoms with Crippen LogP contribution in [0.3, 0.4) is 0 Å². The Labute approximate surface area is 93.2 Å². The number of hydrogen-bond acceptors (Lipinski definition) is 4. The summed E-state index contributed by atoms with van der Waals surface area (Å²) in [6.07, 6.45) is 1.71. The number of quaternary nitrogens is 1. The zero-order chi connectivity index (χ0) is 10.6. The van der Waals surface area contributed by atoms with E-state index in [1.54, 1.807) is 0 Å². The number of hydroxylamine groups is 2. The molecule has 2 heterocycles. The van der Waals surface area contributed by atoms with Crippen LogP contribution in [0.15, 0.2) is 0 Å². The van der Waals surface area contributed by atoms with E-state index in [2.05, 4.69) is 0 Å². The molecule has 10 atom stereocenters. The van der Waals surface area contributed by atoms with Crippen molar-refractivity contribution in [3.8, 4) is 0 Å². The highest BCUT2D eigenvalue weighted by atomic mass is 16.9. The van der Waals surface area contributed by atoms with E-state index in [1.807, 2.05) is 0 Å². The lowest BCUT2D eigenvalue weighted by Gasteiger charge is -2.34. The summed E-state index contributed by atoms with van der Waals surface area (Å²) in [5.41, 5.74) is 0. The molecule has 5 nitrogen and oxygen atoms in total. The molecule has 1 N–H and O–H groups in total. The normalized spacial score (nSPS) is 69.8. The van der Waals surface area contributed by atoms with Gasteiger partial charge in [0.2, 0.25) is 0 Å². The van der Waals surface area contributed by atoms with Gasteiger partial charge in [-0.1, -0.05) is 0 Å². The van der Waals surface area contributed by atoms with Crippen LogP contribution in [0.5, 0.6) is 0 Å². The molecule has 3 aliphatic carbocycles. The third-order valence-electron chi connectivity index (χ3n) is 5.59. The van der Waals surface area contributed by atoms with Gasteiger partial charge in [0.25, 0.3) is 0 Å². The van der Waals surface area contributed by atoms with Crippen LogP contribution in [0.25, 0.3) is 0 Å². The van der Waals surface area contributed by atoms with Crippen LogP contribution in [-0.2, 0) is 14.3 Å². The first kappa shape index (κ1) is 8.83. The van der Waals surface area contributed by atoms with Gasteiger partial charge in [-0.15, -0.1) is 0 Å². The van der Waals surface area contributed by atoms with E-state index in [4.69, 9.17) is 14.3 Å². The van der Waals surface area contributed by atoms with Gasteiger partial charge in [0.15, 0.2) is 6.29 Å². The van der Waals surface area contributed by atoms with Crippen LogP contribution in [0, 0.1) is 34.8 Å². The van der Waals surface area contributed by atoms with Crippen LogP contribution in [-0.4, -0.2) is 31.6 Å². The van der Waals surface area contributed by atoms with Crippen LogP contribution in [0.4, 0.5) is 0 Å². The van der Waals surface area contributed by atoms with Gasteiger partial charge in [-0.3, -0.25) is 0 Å². The molecule has 10 unspecified atom stereocenters. The molecule has 0 aromatic heterocycles. The van der Waals surface area contributed by atoms with Crippen molar-refractivity contribution in [3.63, 3.8) is 0 Å². The number of hydrogen-bond donors (Lipinski definition) is 1. The lowest BCUT2D eigenvalue weighted by molar-refractivity contribution is -1.07. The van der Waals surface area contributed by atoms with Gasteiger partial charge in [0.05, 0.1) is 19.1 Å². The molecule has 0 bridgehead atoms. The lowest BCUT2D eigenvalue weighted by Crippen LogP contribution is -3.11. The maximum atomic E-state index is 11.9. The zero-order valence-corrected chi connectivity index (χ0v) is 9.04. The molecular formula is C11H15NO4. The third-order valence-corrected chi connectivity index (χ3v) is 5.59. The van der Waals surface area contributed by atoms with Crippen LogP contribution >= 0.6 is 0 Å². The number of ether oxygens (including phenoxy) is 2. The summed E-state index contributed by atoms with van der Waals surface area (Å²) in [7, 11) is 1.50. The fourth-order valence-corrected chi connectivity index (χ4v) is 5.15. The average molecular weight is 225 g/mol. The Balaban J connectivity index is 1.56. The predicted molar refractivity (Wildman–Crippen MR) is 50.7 cm³/mol. The van der Waals surface area contributed by atoms with Crippen LogP contribution in [0.1, 0.15) is 6.42 Å². The SMILES string of the molecule is CO[NH+]([O-])C1C2C3CC4OC5OC5C1C4C32. The summed E-state index contributed by atoms with van der Waals surface area (Å²) in [6, 6.07) is 0.105. The summed E-state index contributed by atoms with van der Waals surface area (Å²) in [4.78, 5) is 4.98. The van der Waals surface area contributed by atoms with Crippen LogP contribution in [0.2, 0.25) is 0 Å². The van der Waals surface area contributed by atoms with Gasteiger partial charge in [-0.25, -0.2) is 10.1 Å². The Hall–Kier alpha value is -0.200. The Morgan fingerprint density at radius 1 is 1.19 bits per heavy atom. The number of nitrogens with one attached hydrogen (secondary N) is 1. The molecule has 3 saturated carbocycles. The number of epoxide rings is 1. The molecule has 2 saturated heterocycles. The van der Waals surface area contributed by atoms with Crippen molar-refractivity contribution in [2.75, 3.05) is 7.11 Å². The topological polar surface area (TPSA) is 58.5 Å². The average Bonchev–Trinajstić information content (AvgIpc) is 3.13. The minimum atomic E-state index is -0.0122. The van der Waals surface area contributed by atoms with Crippen molar-refractivity contribution < 1.29 is 19.5 Å². The van der Waals surface area contributed by atoms with Crippen molar-refractivity contribution in [3.05, 3.63) is 5.21 Å². The lowest BCUT2D eigenvalue weighted by atomic mass is 9.84. The van der Waals surface area contributed by atoms with Gasteiger partial charge in [0, 0.05) is 11.8 Å². The minimum absolute atomic E-state index is 0.00495. The molecule has 0 aromatic rings. The Morgan fingerprint density at radius 2 is 2.06 bits per heavy atom. The third kappa shape index (κ3) is 0.781. The molecule has 5 aliphatic rings. The molecule has 5 heteroatoms. The van der Waals surface area contributed by atoms with Crippen LogP contribution < -0.4 is 5.23 Å². The first-order valence-electron chi connectivity index (χ1n) is 6.20. The van der Waals surface area contributed by atoms with E-state index >= 15 is 0 Å². The molecule has 5 fully saturated rings. The van der Waals surface area contributed by atoms with Gasteiger partial charge in [-0.2, -0.15) is 0 Å². The highest BCUT2D eigenvalue weighted by Crippen LogP contribution is 2.73. The van der Waals surface area contributed by atoms with Gasteiger partial charge in [-0.05, 0) is 18.3 Å². The molecule has 0 amide bonds. The molecule has 16 heavy (non-hydrogen) atoms. The molecule has 88 valence electrons. The molecule has 0 spiro atoms. The Bertz CT molecular complexity index is 362. The Kier molecular flexibility index (Phi) is 1.36. The van der Waals surface area contributed by atoms with E-state index in [1.165, 1.54) is 7.11 Å². The van der Waals surface area contributed by atoms with Gasteiger partial charge < -0.3 is 14.7 Å². The largest absolute Gasteiger partial charge is 0.600 e. The van der Waals surface area contributed by atoms with E-state index in [-0.39, 0.29) is 23.7 Å². The molecular weight excluding hydrogens is 210 g/mol. The zero-order valence-electron chi connectivity index (χ0n) is 9.04. The Morgan fingerprint density at radius 3 is 2.88 bits per heavy atom. The van der Waals surface area contributed by atoms with Crippen molar-refractivity contribution in [2.45, 2.75) is 31.0 Å². The van der Waals surface area contributed by atoms with Crippen molar-refractivity contribution in [1.82, 2.24) is 0 Å². The summed E-state index contributed by atoms with van der Waals surface area (Å²) < 4.78 is 11.4. The maximum absolute atomic E-state index is 11.9. The number of fused-ring (bicyclic) bond motifs is 3. The van der Waals surface area contributed by atoms with Crippen molar-refractivity contribution >= 4 is 0 Å². The van der Waals surface area contributed by atoms with Crippen molar-refractivity contribution in [1.29, 1.82) is 0 Å². The second kappa shape index (κ2) is 2.47. The summed E-state index contributed by atoms with van der Waals surface area (Å²) in [5, 5.41) is 11.9. The summed E-state index contributed by atoms with van der Waals surface area (Å²) >= 11 is 0. The second-order valence-corrected chi connectivity index (χ2v) is 5.90. The monoisotopic (exact) mass is 225 g/mol. The molecule has 0 aromatic carbocycles. The summed E-state index contributed by atoms with van der Waals surface area (Å²) in [6.45, 7) is 0. The minimum Gasteiger partial charge on any atom is -0.600 e. The van der Waals surface area contributed by atoms with Gasteiger partial charge in [0.1, 0.15) is 12.1 Å². The van der Waals surface area contributed by atoms with Crippen molar-refractivity contribution in [2.24, 2.45) is 29.6 Å². The van der Waals surface area contributed by atoms with E-state index in [9.17, 15) is 5.21 Å². The quantitative estimate of drug-likeness (QED) is 0.480. The van der Waals surface area contributed by atoms with E-state index < -0.39 is 0 Å². The fourth-order valence-electron chi connectivity index (χ4n) is 5.15. The van der Waals surface area contributed by atoms with Gasteiger partial charge >= 0.3 is 0 Å². The molecule has 0 radical (unpaired) electrons. The molecule has 2 aliphatic heterocycles. The smallest absolute Gasteiger partial charge is 0.185 e. The fraction of sp³-hybridized carbons (Fsp3) is 1.00. The number of rotatable bonds is 2. The molecule has 5 rings (SSSR count).